The summed E-state index contributed by atoms with van der Waals surface area (Å²) in [5, 5.41) is 19.8. The molecule has 1 aliphatic carbocycles. The predicted molar refractivity (Wildman–Crippen MR) is 53.2 cm³/mol. The molecule has 1 unspecified atom stereocenters. The number of aliphatic hydroxyl groups excluding tert-OH is 1. The van der Waals surface area contributed by atoms with Crippen molar-refractivity contribution >= 4 is 11.9 Å². The first-order valence-electron chi connectivity index (χ1n) is 5.20. The summed E-state index contributed by atoms with van der Waals surface area (Å²) in [4.78, 5) is 22.3. The van der Waals surface area contributed by atoms with Gasteiger partial charge in [-0.1, -0.05) is 6.92 Å². The smallest absolute Gasteiger partial charge is 0.326 e. The molecule has 1 rings (SSSR count). The van der Waals surface area contributed by atoms with Crippen molar-refractivity contribution in [3.63, 3.8) is 0 Å². The molecule has 1 amide bonds. The van der Waals surface area contributed by atoms with Crippen LogP contribution in [-0.4, -0.2) is 34.7 Å². The second kappa shape index (κ2) is 5.11. The van der Waals surface area contributed by atoms with E-state index in [1.165, 1.54) is 0 Å². The molecule has 0 saturated heterocycles. The highest BCUT2D eigenvalue weighted by molar-refractivity contribution is 5.85. The van der Waals surface area contributed by atoms with Crippen molar-refractivity contribution in [3.05, 3.63) is 0 Å². The highest BCUT2D eigenvalue weighted by Gasteiger charge is 2.34. The summed E-state index contributed by atoms with van der Waals surface area (Å²) < 4.78 is 0. The molecule has 1 fully saturated rings. The summed E-state index contributed by atoms with van der Waals surface area (Å²) in [6.07, 6.45) is 2.15. The molecule has 0 aromatic carbocycles. The number of nitrogens with one attached hydrogen (secondary N) is 1. The number of carboxylic acid groups (broad SMARTS) is 1. The lowest BCUT2D eigenvalue weighted by molar-refractivity contribution is -0.143. The minimum absolute atomic E-state index is 0.0540. The van der Waals surface area contributed by atoms with Crippen LogP contribution in [0.15, 0.2) is 0 Å². The Balaban J connectivity index is 2.42. The molecule has 15 heavy (non-hydrogen) atoms. The minimum Gasteiger partial charge on any atom is -0.480 e. The van der Waals surface area contributed by atoms with E-state index in [0.29, 0.717) is 5.92 Å². The zero-order valence-electron chi connectivity index (χ0n) is 8.77. The van der Waals surface area contributed by atoms with Crippen molar-refractivity contribution in [2.45, 2.75) is 32.2 Å². The maximum atomic E-state index is 11.6. The van der Waals surface area contributed by atoms with Gasteiger partial charge in [0.15, 0.2) is 0 Å². The number of carboxylic acids is 1. The quantitative estimate of drug-likeness (QED) is 0.581. The van der Waals surface area contributed by atoms with Crippen molar-refractivity contribution in [2.75, 3.05) is 6.61 Å². The molecule has 0 aromatic heterocycles. The van der Waals surface area contributed by atoms with Crippen molar-refractivity contribution in [2.24, 2.45) is 11.8 Å². The molecule has 2 atom stereocenters. The van der Waals surface area contributed by atoms with Gasteiger partial charge >= 0.3 is 5.97 Å². The van der Waals surface area contributed by atoms with Gasteiger partial charge in [0.1, 0.15) is 6.04 Å². The Morgan fingerprint density at radius 1 is 1.47 bits per heavy atom. The standard InChI is InChI=1S/C10H17NO4/c1-6(7-2-3-7)9(13)11-8(4-5-12)10(14)15/h6-8,12H,2-5H2,1H3,(H,11,13)(H,14,15)/t6?,8-/m0/s1. The van der Waals surface area contributed by atoms with Gasteiger partial charge in [0, 0.05) is 18.9 Å². The van der Waals surface area contributed by atoms with Crippen LogP contribution < -0.4 is 5.32 Å². The number of aliphatic hydroxyl groups is 1. The number of hydrogen-bond acceptors (Lipinski definition) is 3. The van der Waals surface area contributed by atoms with Gasteiger partial charge in [0.2, 0.25) is 5.91 Å². The Labute approximate surface area is 88.5 Å². The zero-order chi connectivity index (χ0) is 11.4. The summed E-state index contributed by atoms with van der Waals surface area (Å²) in [5.41, 5.74) is 0. The summed E-state index contributed by atoms with van der Waals surface area (Å²) in [7, 11) is 0. The van der Waals surface area contributed by atoms with Crippen molar-refractivity contribution in [1.82, 2.24) is 5.32 Å². The van der Waals surface area contributed by atoms with Crippen LogP contribution in [-0.2, 0) is 9.59 Å². The van der Waals surface area contributed by atoms with Crippen LogP contribution in [0.3, 0.4) is 0 Å². The molecule has 1 aliphatic rings. The van der Waals surface area contributed by atoms with Gasteiger partial charge in [-0.3, -0.25) is 4.79 Å². The molecule has 0 heterocycles. The fourth-order valence-electron chi connectivity index (χ4n) is 1.50. The van der Waals surface area contributed by atoms with Crippen LogP contribution in [0.1, 0.15) is 26.2 Å². The maximum absolute atomic E-state index is 11.6. The van der Waals surface area contributed by atoms with Gasteiger partial charge in [-0.25, -0.2) is 4.79 Å². The minimum atomic E-state index is -1.10. The number of amides is 1. The first-order chi connectivity index (χ1) is 7.06. The lowest BCUT2D eigenvalue weighted by atomic mass is 10.0. The van der Waals surface area contributed by atoms with E-state index in [9.17, 15) is 9.59 Å². The van der Waals surface area contributed by atoms with E-state index in [4.69, 9.17) is 10.2 Å². The molecule has 5 nitrogen and oxygen atoms in total. The van der Waals surface area contributed by atoms with Crippen LogP contribution >= 0.6 is 0 Å². The maximum Gasteiger partial charge on any atom is 0.326 e. The molecule has 86 valence electrons. The SMILES string of the molecule is CC(C(=O)N[C@@H](CCO)C(=O)O)C1CC1. The largest absolute Gasteiger partial charge is 0.480 e. The average molecular weight is 215 g/mol. The highest BCUT2D eigenvalue weighted by Crippen LogP contribution is 2.36. The van der Waals surface area contributed by atoms with Gasteiger partial charge in [-0.2, -0.15) is 0 Å². The fraction of sp³-hybridized carbons (Fsp3) is 0.800. The third-order valence-corrected chi connectivity index (χ3v) is 2.78. The van der Waals surface area contributed by atoms with Gasteiger partial charge in [0.05, 0.1) is 0 Å². The lowest BCUT2D eigenvalue weighted by Crippen LogP contribution is -2.44. The fourth-order valence-corrected chi connectivity index (χ4v) is 1.50. The second-order valence-corrected chi connectivity index (χ2v) is 4.04. The Hall–Kier alpha value is -1.10. The lowest BCUT2D eigenvalue weighted by Gasteiger charge is -2.16. The third-order valence-electron chi connectivity index (χ3n) is 2.78. The molecule has 0 spiro atoms. The molecule has 1 saturated carbocycles. The average Bonchev–Trinajstić information content (AvgIpc) is 2.98. The van der Waals surface area contributed by atoms with E-state index >= 15 is 0 Å². The van der Waals surface area contributed by atoms with Crippen LogP contribution in [0.5, 0.6) is 0 Å². The Morgan fingerprint density at radius 3 is 2.47 bits per heavy atom. The highest BCUT2D eigenvalue weighted by atomic mass is 16.4. The molecule has 3 N–H and O–H groups in total. The summed E-state index contributed by atoms with van der Waals surface area (Å²) in [5.74, 6) is -1.03. The van der Waals surface area contributed by atoms with Crippen molar-refractivity contribution in [3.8, 4) is 0 Å². The van der Waals surface area contributed by atoms with Gasteiger partial charge < -0.3 is 15.5 Å². The van der Waals surface area contributed by atoms with Crippen LogP contribution in [0.4, 0.5) is 0 Å². The molecule has 0 bridgehead atoms. The van der Waals surface area contributed by atoms with Crippen molar-refractivity contribution in [1.29, 1.82) is 0 Å². The summed E-state index contributed by atoms with van der Waals surface area (Å²) >= 11 is 0. The normalized spacial score (nSPS) is 19.3. The number of aliphatic carboxylic acids is 1. The molecule has 0 aromatic rings. The van der Waals surface area contributed by atoms with Crippen molar-refractivity contribution < 1.29 is 19.8 Å². The Morgan fingerprint density at radius 2 is 2.07 bits per heavy atom. The molecule has 0 aliphatic heterocycles. The molecular weight excluding hydrogens is 198 g/mol. The van der Waals surface area contributed by atoms with Crippen LogP contribution in [0.25, 0.3) is 0 Å². The Bertz CT molecular complexity index is 250. The number of hydrogen-bond donors (Lipinski definition) is 3. The van der Waals surface area contributed by atoms with Gasteiger partial charge in [-0.15, -0.1) is 0 Å². The number of carbonyl (C=O) groups excluding carboxylic acids is 1. The molecular formula is C10H17NO4. The van der Waals surface area contributed by atoms with Gasteiger partial charge in [0.25, 0.3) is 0 Å². The number of rotatable bonds is 6. The van der Waals surface area contributed by atoms with E-state index in [1.807, 2.05) is 6.92 Å². The monoisotopic (exact) mass is 215 g/mol. The molecule has 5 heteroatoms. The van der Waals surface area contributed by atoms with E-state index in [-0.39, 0.29) is 24.9 Å². The first kappa shape index (κ1) is 12.0. The molecule has 0 radical (unpaired) electrons. The van der Waals surface area contributed by atoms with E-state index < -0.39 is 12.0 Å². The topological polar surface area (TPSA) is 86.6 Å². The summed E-state index contributed by atoms with van der Waals surface area (Å²) in [6.45, 7) is 1.57. The van der Waals surface area contributed by atoms with Gasteiger partial charge in [-0.05, 0) is 18.8 Å². The second-order valence-electron chi connectivity index (χ2n) is 4.04. The zero-order valence-corrected chi connectivity index (χ0v) is 8.77. The predicted octanol–water partition coefficient (Wildman–Crippen LogP) is -0.0157. The van der Waals surface area contributed by atoms with Crippen LogP contribution in [0, 0.1) is 11.8 Å². The number of carbonyl (C=O) groups is 2. The first-order valence-corrected chi connectivity index (χ1v) is 5.20. The third kappa shape index (κ3) is 3.51. The van der Waals surface area contributed by atoms with E-state index in [1.54, 1.807) is 0 Å². The van der Waals surface area contributed by atoms with Crippen LogP contribution in [0.2, 0.25) is 0 Å². The van der Waals surface area contributed by atoms with E-state index in [0.717, 1.165) is 12.8 Å². The summed E-state index contributed by atoms with van der Waals surface area (Å²) in [6, 6.07) is -0.969. The van der Waals surface area contributed by atoms with E-state index in [2.05, 4.69) is 5.32 Å². The Kier molecular flexibility index (Phi) is 4.08.